The van der Waals surface area contributed by atoms with Gasteiger partial charge in [-0.25, -0.2) is 0 Å². The number of aromatic nitrogens is 5. The molecule has 4 rings (SSSR count). The Morgan fingerprint density at radius 1 is 1.21 bits per heavy atom. The highest BCUT2D eigenvalue weighted by Crippen LogP contribution is 2.30. The van der Waals surface area contributed by atoms with Crippen LogP contribution in [-0.2, 0) is 30.5 Å². The first-order chi connectivity index (χ1) is 13.7. The summed E-state index contributed by atoms with van der Waals surface area (Å²) < 4.78 is 39.9. The number of amides is 1. The highest BCUT2D eigenvalue weighted by molar-refractivity contribution is 6.30. The number of hydrogen-bond acceptors (Lipinski definition) is 4. The number of fused-ring (bicyclic) bond motifs is 1. The lowest BCUT2D eigenvalue weighted by Gasteiger charge is -2.28. The molecule has 0 spiro atoms. The number of H-pyrrole nitrogens is 1. The Bertz CT molecular complexity index is 1060. The molecule has 11 heteroatoms. The van der Waals surface area contributed by atoms with Gasteiger partial charge in [-0.1, -0.05) is 23.7 Å². The zero-order chi connectivity index (χ0) is 20.8. The maximum absolute atomic E-state index is 13.0. The Labute approximate surface area is 168 Å². The predicted octanol–water partition coefficient (Wildman–Crippen LogP) is 3.23. The second-order valence-electron chi connectivity index (χ2n) is 6.76. The molecule has 0 saturated heterocycles. The molecule has 0 fully saturated rings. The van der Waals surface area contributed by atoms with Crippen LogP contribution in [-0.4, -0.2) is 42.3 Å². The van der Waals surface area contributed by atoms with Gasteiger partial charge in [0.1, 0.15) is 0 Å². The number of hydrogen-bond donors (Lipinski definition) is 1. The lowest BCUT2D eigenvalue weighted by atomic mass is 10.0. The first-order valence-corrected chi connectivity index (χ1v) is 9.18. The molecule has 1 aromatic carbocycles. The number of aromatic amines is 1. The van der Waals surface area contributed by atoms with Gasteiger partial charge in [-0.3, -0.25) is 9.89 Å². The van der Waals surface area contributed by atoms with Crippen LogP contribution in [0.2, 0.25) is 5.02 Å². The van der Waals surface area contributed by atoms with Crippen LogP contribution < -0.4 is 0 Å². The summed E-state index contributed by atoms with van der Waals surface area (Å²) in [4.78, 5) is 14.3. The van der Waals surface area contributed by atoms with Crippen LogP contribution in [0.1, 0.15) is 22.9 Å². The topological polar surface area (TPSA) is 79.7 Å². The smallest absolute Gasteiger partial charge is 0.333 e. The Hall–Kier alpha value is -2.88. The summed E-state index contributed by atoms with van der Waals surface area (Å²) in [5.74, 6) is -1.12. The molecule has 0 saturated carbocycles. The fraction of sp³-hybridized carbons (Fsp3) is 0.333. The predicted molar refractivity (Wildman–Crippen MR) is 97.9 cm³/mol. The standard InChI is InChI=1S/C18H16ClF3N6O/c1-10-13(16(25-23-10)11-2-4-12(19)5-3-11)8-15(29)27-6-7-28-14(9-27)24-26-17(28)18(20,21)22/h2-5H,6-9H2,1H3,(H,23,25). The third-order valence-electron chi connectivity index (χ3n) is 4.88. The molecule has 1 N–H and O–H groups in total. The molecule has 1 amide bonds. The van der Waals surface area contributed by atoms with Crippen molar-refractivity contribution in [1.82, 2.24) is 29.9 Å². The third-order valence-corrected chi connectivity index (χ3v) is 5.13. The molecule has 2 aromatic heterocycles. The Morgan fingerprint density at radius 2 is 1.93 bits per heavy atom. The number of nitrogens with one attached hydrogen (secondary N) is 1. The van der Waals surface area contributed by atoms with Gasteiger partial charge in [0.25, 0.3) is 0 Å². The van der Waals surface area contributed by atoms with Crippen molar-refractivity contribution in [2.75, 3.05) is 6.54 Å². The van der Waals surface area contributed by atoms with E-state index in [1.807, 2.05) is 19.1 Å². The van der Waals surface area contributed by atoms with Crippen LogP contribution in [0.3, 0.4) is 0 Å². The zero-order valence-corrected chi connectivity index (χ0v) is 16.0. The quantitative estimate of drug-likeness (QED) is 0.700. The van der Waals surface area contributed by atoms with Crippen molar-refractivity contribution >= 4 is 17.5 Å². The van der Waals surface area contributed by atoms with Gasteiger partial charge >= 0.3 is 6.18 Å². The van der Waals surface area contributed by atoms with E-state index < -0.39 is 12.0 Å². The molecule has 7 nitrogen and oxygen atoms in total. The van der Waals surface area contributed by atoms with Crippen molar-refractivity contribution in [3.05, 3.63) is 52.2 Å². The number of carbonyl (C=O) groups excluding carboxylic acids is 1. The van der Waals surface area contributed by atoms with E-state index in [2.05, 4.69) is 20.4 Å². The minimum atomic E-state index is -4.57. The summed E-state index contributed by atoms with van der Waals surface area (Å²) in [6, 6.07) is 7.10. The van der Waals surface area contributed by atoms with E-state index in [0.717, 1.165) is 21.4 Å². The molecule has 0 aliphatic carbocycles. The largest absolute Gasteiger partial charge is 0.451 e. The number of benzene rings is 1. The van der Waals surface area contributed by atoms with E-state index in [-0.39, 0.29) is 37.8 Å². The maximum Gasteiger partial charge on any atom is 0.451 e. The van der Waals surface area contributed by atoms with Crippen LogP contribution >= 0.6 is 11.6 Å². The minimum absolute atomic E-state index is 0.00265. The fourth-order valence-electron chi connectivity index (χ4n) is 3.36. The van der Waals surface area contributed by atoms with E-state index in [0.29, 0.717) is 10.7 Å². The Balaban J connectivity index is 1.53. The van der Waals surface area contributed by atoms with E-state index in [1.165, 1.54) is 4.90 Å². The highest BCUT2D eigenvalue weighted by Gasteiger charge is 2.40. The van der Waals surface area contributed by atoms with Crippen molar-refractivity contribution < 1.29 is 18.0 Å². The third kappa shape index (κ3) is 3.71. The van der Waals surface area contributed by atoms with Crippen LogP contribution in [0, 0.1) is 6.92 Å². The minimum Gasteiger partial charge on any atom is -0.333 e. The maximum atomic E-state index is 13.0. The Kier molecular flexibility index (Phi) is 4.81. The van der Waals surface area contributed by atoms with Gasteiger partial charge in [-0.15, -0.1) is 10.2 Å². The van der Waals surface area contributed by atoms with Gasteiger partial charge < -0.3 is 9.47 Å². The Morgan fingerprint density at radius 3 is 2.62 bits per heavy atom. The second-order valence-corrected chi connectivity index (χ2v) is 7.20. The van der Waals surface area contributed by atoms with Crippen molar-refractivity contribution in [1.29, 1.82) is 0 Å². The summed E-state index contributed by atoms with van der Waals surface area (Å²) >= 11 is 5.93. The lowest BCUT2D eigenvalue weighted by Crippen LogP contribution is -2.40. The average Bonchev–Trinajstić information content (AvgIpc) is 3.26. The number of rotatable bonds is 3. The van der Waals surface area contributed by atoms with Gasteiger partial charge in [0.05, 0.1) is 18.7 Å². The molecule has 29 heavy (non-hydrogen) atoms. The molecule has 152 valence electrons. The summed E-state index contributed by atoms with van der Waals surface area (Å²) in [6.45, 7) is 1.95. The summed E-state index contributed by atoms with van der Waals surface area (Å²) in [5.41, 5.74) is 2.95. The van der Waals surface area contributed by atoms with Gasteiger partial charge in [-0.05, 0) is 19.1 Å². The summed E-state index contributed by atoms with van der Waals surface area (Å²) in [7, 11) is 0. The molecule has 0 atom stereocenters. The molecule has 3 heterocycles. The van der Waals surface area contributed by atoms with E-state index in [1.54, 1.807) is 12.1 Å². The zero-order valence-electron chi connectivity index (χ0n) is 15.3. The van der Waals surface area contributed by atoms with Gasteiger partial charge in [-0.2, -0.15) is 18.3 Å². The van der Waals surface area contributed by atoms with Crippen molar-refractivity contribution in [3.8, 4) is 11.3 Å². The van der Waals surface area contributed by atoms with Gasteiger partial charge in [0.2, 0.25) is 11.7 Å². The lowest BCUT2D eigenvalue weighted by molar-refractivity contribution is -0.148. The number of nitrogens with zero attached hydrogens (tertiary/aromatic N) is 5. The monoisotopic (exact) mass is 424 g/mol. The van der Waals surface area contributed by atoms with Crippen molar-refractivity contribution in [3.63, 3.8) is 0 Å². The van der Waals surface area contributed by atoms with E-state index >= 15 is 0 Å². The SMILES string of the molecule is Cc1[nH]nc(-c2ccc(Cl)cc2)c1CC(=O)N1CCn2c(nnc2C(F)(F)F)C1. The van der Waals surface area contributed by atoms with Crippen LogP contribution in [0.15, 0.2) is 24.3 Å². The number of alkyl halides is 3. The van der Waals surface area contributed by atoms with Gasteiger partial charge in [0.15, 0.2) is 5.82 Å². The summed E-state index contributed by atoms with van der Waals surface area (Å²) in [5, 5.41) is 14.6. The van der Waals surface area contributed by atoms with Gasteiger partial charge in [0, 0.05) is 34.9 Å². The normalized spacial score (nSPS) is 14.2. The molecule has 0 bridgehead atoms. The molecule has 0 radical (unpaired) electrons. The first-order valence-electron chi connectivity index (χ1n) is 8.81. The molecule has 3 aromatic rings. The summed E-state index contributed by atoms with van der Waals surface area (Å²) in [6.07, 6.45) is -4.50. The highest BCUT2D eigenvalue weighted by atomic mass is 35.5. The fourth-order valence-corrected chi connectivity index (χ4v) is 3.48. The molecule has 0 unspecified atom stereocenters. The number of halogens is 4. The van der Waals surface area contributed by atoms with E-state index in [4.69, 9.17) is 11.6 Å². The van der Waals surface area contributed by atoms with Crippen LogP contribution in [0.25, 0.3) is 11.3 Å². The molecule has 1 aliphatic rings. The van der Waals surface area contributed by atoms with Crippen LogP contribution in [0.5, 0.6) is 0 Å². The van der Waals surface area contributed by atoms with E-state index in [9.17, 15) is 18.0 Å². The molecular weight excluding hydrogens is 409 g/mol. The number of aryl methyl sites for hydroxylation is 1. The molecule has 1 aliphatic heterocycles. The van der Waals surface area contributed by atoms with Crippen molar-refractivity contribution in [2.24, 2.45) is 0 Å². The van der Waals surface area contributed by atoms with Crippen LogP contribution in [0.4, 0.5) is 13.2 Å². The average molecular weight is 425 g/mol. The number of carbonyl (C=O) groups is 1. The first kappa shape index (κ1) is 19.4. The second kappa shape index (κ2) is 7.18. The van der Waals surface area contributed by atoms with Crippen molar-refractivity contribution in [2.45, 2.75) is 32.6 Å². The molecular formula is C18H16ClF3N6O.